The van der Waals surface area contributed by atoms with E-state index in [0.29, 0.717) is 5.56 Å². The van der Waals surface area contributed by atoms with E-state index in [4.69, 9.17) is 5.73 Å². The molecule has 2 rings (SSSR count). The van der Waals surface area contributed by atoms with Crippen LogP contribution in [0.4, 0.5) is 0 Å². The van der Waals surface area contributed by atoms with Crippen molar-refractivity contribution < 1.29 is 18.0 Å². The van der Waals surface area contributed by atoms with Crippen molar-refractivity contribution in [3.8, 4) is 0 Å². The summed E-state index contributed by atoms with van der Waals surface area (Å²) in [6.07, 6.45) is 0. The third-order valence-corrected chi connectivity index (χ3v) is 5.65. The molecule has 0 saturated carbocycles. The van der Waals surface area contributed by atoms with Gasteiger partial charge in [-0.25, -0.2) is 12.7 Å². The maximum Gasteiger partial charge on any atom is 0.253 e. The minimum atomic E-state index is -3.62. The topological polar surface area (TPSA) is 101 Å². The maximum atomic E-state index is 12.6. The highest BCUT2D eigenvalue weighted by Gasteiger charge is 2.20. The van der Waals surface area contributed by atoms with Crippen LogP contribution in [0.25, 0.3) is 0 Å². The third-order valence-electron chi connectivity index (χ3n) is 3.84. The highest BCUT2D eigenvalue weighted by atomic mass is 32.2. The molecule has 2 aromatic carbocycles. The van der Waals surface area contributed by atoms with Crippen molar-refractivity contribution in [3.05, 3.63) is 65.2 Å². The lowest BCUT2D eigenvalue weighted by atomic mass is 10.1. The first-order valence-electron chi connectivity index (χ1n) is 7.79. The van der Waals surface area contributed by atoms with Gasteiger partial charge in [0.1, 0.15) is 0 Å². The summed E-state index contributed by atoms with van der Waals surface area (Å²) in [6.45, 7) is 0.255. The molecule has 2 amide bonds. The van der Waals surface area contributed by atoms with Gasteiger partial charge in [0.2, 0.25) is 15.9 Å². The summed E-state index contributed by atoms with van der Waals surface area (Å²) in [4.78, 5) is 25.4. The zero-order valence-corrected chi connectivity index (χ0v) is 15.7. The van der Waals surface area contributed by atoms with Crippen LogP contribution in [0.3, 0.4) is 0 Å². The summed E-state index contributed by atoms with van der Waals surface area (Å²) >= 11 is 0. The van der Waals surface area contributed by atoms with Gasteiger partial charge in [-0.1, -0.05) is 18.2 Å². The van der Waals surface area contributed by atoms with Gasteiger partial charge in [0.05, 0.1) is 4.90 Å². The average Bonchev–Trinajstić information content (AvgIpc) is 2.61. The lowest BCUT2D eigenvalue weighted by Gasteiger charge is -2.18. The summed E-state index contributed by atoms with van der Waals surface area (Å²) in [5.41, 5.74) is 6.64. The second-order valence-corrected chi connectivity index (χ2v) is 8.19. The molecule has 0 aliphatic rings. The Morgan fingerprint density at radius 3 is 2.19 bits per heavy atom. The fourth-order valence-corrected chi connectivity index (χ4v) is 3.34. The molecule has 2 aromatic rings. The van der Waals surface area contributed by atoms with Crippen molar-refractivity contribution in [2.24, 2.45) is 5.73 Å². The van der Waals surface area contributed by atoms with Crippen molar-refractivity contribution in [2.45, 2.75) is 11.4 Å². The first kappa shape index (κ1) is 19.6. The van der Waals surface area contributed by atoms with E-state index in [1.165, 1.54) is 37.2 Å². The van der Waals surface area contributed by atoms with Gasteiger partial charge in [0.15, 0.2) is 0 Å². The summed E-state index contributed by atoms with van der Waals surface area (Å²) in [7, 11) is 0.847. The Bertz CT molecular complexity index is 939. The monoisotopic (exact) mass is 375 g/mol. The van der Waals surface area contributed by atoms with Gasteiger partial charge < -0.3 is 10.6 Å². The molecular formula is C18H21N3O4S. The summed E-state index contributed by atoms with van der Waals surface area (Å²) in [5.74, 6) is -0.868. The molecule has 0 aliphatic heterocycles. The van der Waals surface area contributed by atoms with Crippen molar-refractivity contribution in [1.82, 2.24) is 9.21 Å². The van der Waals surface area contributed by atoms with E-state index in [9.17, 15) is 18.0 Å². The van der Waals surface area contributed by atoms with Crippen LogP contribution < -0.4 is 5.73 Å². The van der Waals surface area contributed by atoms with Crippen LogP contribution in [0.5, 0.6) is 0 Å². The van der Waals surface area contributed by atoms with Crippen molar-refractivity contribution in [1.29, 1.82) is 0 Å². The number of carbonyl (C=O) groups is 2. The van der Waals surface area contributed by atoms with Gasteiger partial charge in [-0.05, 0) is 35.9 Å². The molecule has 0 spiro atoms. The second-order valence-electron chi connectivity index (χ2n) is 6.04. The van der Waals surface area contributed by atoms with Gasteiger partial charge in [0, 0.05) is 38.8 Å². The number of primary amides is 1. The van der Waals surface area contributed by atoms with Gasteiger partial charge in [-0.15, -0.1) is 0 Å². The highest BCUT2D eigenvalue weighted by molar-refractivity contribution is 7.89. The molecule has 0 bridgehead atoms. The minimum Gasteiger partial charge on any atom is -0.366 e. The first-order valence-corrected chi connectivity index (χ1v) is 9.23. The van der Waals surface area contributed by atoms with Gasteiger partial charge in [-0.3, -0.25) is 9.59 Å². The Balaban J connectivity index is 2.24. The number of hydrogen-bond acceptors (Lipinski definition) is 4. The molecule has 8 heteroatoms. The molecule has 2 N–H and O–H groups in total. The van der Waals surface area contributed by atoms with E-state index in [1.807, 2.05) is 0 Å². The second kappa shape index (κ2) is 7.67. The Kier molecular flexibility index (Phi) is 5.79. The lowest BCUT2D eigenvalue weighted by Crippen LogP contribution is -2.27. The quantitative estimate of drug-likeness (QED) is 0.822. The Morgan fingerprint density at radius 1 is 0.962 bits per heavy atom. The average molecular weight is 375 g/mol. The van der Waals surface area contributed by atoms with Crippen molar-refractivity contribution >= 4 is 21.8 Å². The normalized spacial score (nSPS) is 11.4. The van der Waals surface area contributed by atoms with Crippen LogP contribution in [0.2, 0.25) is 0 Å². The predicted octanol–water partition coefficient (Wildman–Crippen LogP) is 1.31. The van der Waals surface area contributed by atoms with Crippen molar-refractivity contribution in [2.75, 3.05) is 21.1 Å². The largest absolute Gasteiger partial charge is 0.366 e. The molecule has 0 radical (unpaired) electrons. The number of amides is 2. The molecule has 0 fully saturated rings. The molecule has 0 aromatic heterocycles. The van der Waals surface area contributed by atoms with E-state index in [-0.39, 0.29) is 22.9 Å². The fourth-order valence-electron chi connectivity index (χ4n) is 2.39. The molecule has 26 heavy (non-hydrogen) atoms. The number of rotatable bonds is 6. The van der Waals surface area contributed by atoms with Crippen LogP contribution >= 0.6 is 0 Å². The summed E-state index contributed by atoms with van der Waals surface area (Å²) in [5, 5.41) is 0. The minimum absolute atomic E-state index is 0.0532. The molecule has 138 valence electrons. The van der Waals surface area contributed by atoms with Crippen LogP contribution in [0, 0.1) is 0 Å². The highest BCUT2D eigenvalue weighted by Crippen LogP contribution is 2.17. The first-order chi connectivity index (χ1) is 12.1. The van der Waals surface area contributed by atoms with E-state index in [1.54, 1.807) is 37.4 Å². The van der Waals surface area contributed by atoms with E-state index in [0.717, 1.165) is 9.87 Å². The van der Waals surface area contributed by atoms with Gasteiger partial charge in [0.25, 0.3) is 5.91 Å². The molecule has 0 heterocycles. The zero-order valence-electron chi connectivity index (χ0n) is 14.8. The molecular weight excluding hydrogens is 354 g/mol. The predicted molar refractivity (Wildman–Crippen MR) is 98.1 cm³/mol. The number of benzene rings is 2. The molecule has 7 nitrogen and oxygen atoms in total. The fraction of sp³-hybridized carbons (Fsp3) is 0.222. The number of nitrogens with zero attached hydrogens (tertiary/aromatic N) is 2. The molecule has 0 atom stereocenters. The number of hydrogen-bond donors (Lipinski definition) is 1. The molecule has 0 unspecified atom stereocenters. The third kappa shape index (κ3) is 4.27. The standard InChI is InChI=1S/C18H21N3O4S/c1-20(2)26(24,25)16-9-5-8-15(11-16)18(23)21(3)12-13-6-4-7-14(10-13)17(19)22/h4-11H,12H2,1-3H3,(H2,19,22). The van der Waals surface area contributed by atoms with Crippen LogP contribution in [0.15, 0.2) is 53.4 Å². The van der Waals surface area contributed by atoms with Gasteiger partial charge in [-0.2, -0.15) is 0 Å². The van der Waals surface area contributed by atoms with E-state index >= 15 is 0 Å². The van der Waals surface area contributed by atoms with Crippen LogP contribution in [-0.2, 0) is 16.6 Å². The Morgan fingerprint density at radius 2 is 1.58 bits per heavy atom. The lowest BCUT2D eigenvalue weighted by molar-refractivity contribution is 0.0785. The number of sulfonamides is 1. The summed E-state index contributed by atoms with van der Waals surface area (Å²) in [6, 6.07) is 12.6. The molecule has 0 saturated heterocycles. The Hall–Kier alpha value is -2.71. The number of carbonyl (C=O) groups excluding carboxylic acids is 2. The maximum absolute atomic E-state index is 12.6. The van der Waals surface area contributed by atoms with Crippen LogP contribution in [-0.4, -0.2) is 50.6 Å². The van der Waals surface area contributed by atoms with Crippen LogP contribution in [0.1, 0.15) is 26.3 Å². The van der Waals surface area contributed by atoms with Crippen molar-refractivity contribution in [3.63, 3.8) is 0 Å². The van der Waals surface area contributed by atoms with E-state index in [2.05, 4.69) is 0 Å². The smallest absolute Gasteiger partial charge is 0.253 e. The number of nitrogens with two attached hydrogens (primary N) is 1. The van der Waals surface area contributed by atoms with Gasteiger partial charge >= 0.3 is 0 Å². The zero-order chi connectivity index (χ0) is 19.5. The SMILES string of the molecule is CN(Cc1cccc(C(N)=O)c1)C(=O)c1cccc(S(=O)(=O)N(C)C)c1. The summed E-state index contributed by atoms with van der Waals surface area (Å²) < 4.78 is 25.5. The molecule has 0 aliphatic carbocycles. The Labute approximate surface area is 153 Å². The van der Waals surface area contributed by atoms with E-state index < -0.39 is 15.9 Å².